The second kappa shape index (κ2) is 9.87. The molecule has 2 saturated heterocycles. The van der Waals surface area contributed by atoms with Gasteiger partial charge in [0, 0.05) is 57.3 Å². The van der Waals surface area contributed by atoms with Crippen molar-refractivity contribution in [3.8, 4) is 0 Å². The number of carbonyl (C=O) groups is 1. The Hall–Kier alpha value is -0.670. The number of halogens is 2. The normalized spacial score (nSPS) is 20.2. The van der Waals surface area contributed by atoms with Crippen LogP contribution in [0.15, 0.2) is 0 Å². The largest absolute Gasteiger partial charge is 0.381 e. The van der Waals surface area contributed by atoms with E-state index in [9.17, 15) is 4.79 Å². The molecule has 0 spiro atoms. The molecule has 0 aromatic carbocycles. The molecule has 7 nitrogen and oxygen atoms in total. The molecular formula is C15H27Cl2N5O2S. The first kappa shape index (κ1) is 22.4. The zero-order valence-corrected chi connectivity index (χ0v) is 16.9. The fourth-order valence-corrected chi connectivity index (χ4v) is 3.89. The molecule has 0 radical (unpaired) electrons. The van der Waals surface area contributed by atoms with Gasteiger partial charge in [-0.2, -0.15) is 4.37 Å². The molecule has 2 aliphatic rings. The number of carbonyl (C=O) groups excluding carboxylic acids is 1. The summed E-state index contributed by atoms with van der Waals surface area (Å²) in [6, 6.07) is 0. The predicted molar refractivity (Wildman–Crippen MR) is 104 cm³/mol. The monoisotopic (exact) mass is 411 g/mol. The van der Waals surface area contributed by atoms with Crippen molar-refractivity contribution < 1.29 is 9.53 Å². The van der Waals surface area contributed by atoms with Crippen molar-refractivity contribution in [3.63, 3.8) is 0 Å². The molecule has 0 unspecified atom stereocenters. The maximum Gasteiger partial charge on any atom is 0.242 e. The summed E-state index contributed by atoms with van der Waals surface area (Å²) >= 11 is 1.45. The van der Waals surface area contributed by atoms with Crippen molar-refractivity contribution in [2.24, 2.45) is 5.73 Å². The number of ether oxygens (including phenoxy) is 1. The molecule has 0 aliphatic carbocycles. The lowest BCUT2D eigenvalue weighted by Gasteiger charge is -2.36. The molecule has 3 rings (SSSR count). The molecular weight excluding hydrogens is 385 g/mol. The number of rotatable bonds is 3. The molecule has 0 saturated carbocycles. The highest BCUT2D eigenvalue weighted by molar-refractivity contribution is 7.09. The van der Waals surface area contributed by atoms with Crippen molar-refractivity contribution >= 4 is 47.4 Å². The standard InChI is InChI=1S/C15H25N5O2S.2ClH/c1-2-12-17-14(23-18-12)20-7-3-6-19(8-9-20)13(21)15(16)4-10-22-11-5-15;;/h2-11,16H2,1H3;2*1H. The summed E-state index contributed by atoms with van der Waals surface area (Å²) < 4.78 is 9.70. The minimum atomic E-state index is -0.745. The fourth-order valence-electron chi connectivity index (χ4n) is 3.09. The Balaban J connectivity index is 0.00000156. The Morgan fingerprint density at radius 2 is 1.96 bits per heavy atom. The third kappa shape index (κ3) is 5.17. The summed E-state index contributed by atoms with van der Waals surface area (Å²) in [7, 11) is 0. The van der Waals surface area contributed by atoms with Crippen molar-refractivity contribution in [1.29, 1.82) is 0 Å². The summed E-state index contributed by atoms with van der Waals surface area (Å²) in [4.78, 5) is 21.5. The van der Waals surface area contributed by atoms with Crippen molar-refractivity contribution in [3.05, 3.63) is 5.82 Å². The molecule has 3 heterocycles. The van der Waals surface area contributed by atoms with E-state index in [0.717, 1.165) is 43.4 Å². The molecule has 2 N–H and O–H groups in total. The average Bonchev–Trinajstić information content (AvgIpc) is 2.92. The summed E-state index contributed by atoms with van der Waals surface area (Å²) in [6.45, 7) is 6.36. The van der Waals surface area contributed by atoms with Crippen LogP contribution < -0.4 is 10.6 Å². The van der Waals surface area contributed by atoms with Crippen LogP contribution in [0.3, 0.4) is 0 Å². The minimum Gasteiger partial charge on any atom is -0.381 e. The zero-order chi connectivity index (χ0) is 16.3. The fraction of sp³-hybridized carbons (Fsp3) is 0.800. The van der Waals surface area contributed by atoms with Gasteiger partial charge in [-0.05, 0) is 19.3 Å². The van der Waals surface area contributed by atoms with E-state index in [4.69, 9.17) is 10.5 Å². The van der Waals surface area contributed by atoms with E-state index in [1.54, 1.807) is 0 Å². The van der Waals surface area contributed by atoms with Gasteiger partial charge in [-0.3, -0.25) is 4.79 Å². The third-order valence-corrected chi connectivity index (χ3v) is 5.45. The molecule has 0 bridgehead atoms. The smallest absolute Gasteiger partial charge is 0.242 e. The average molecular weight is 412 g/mol. The highest BCUT2D eigenvalue weighted by Gasteiger charge is 2.39. The Morgan fingerprint density at radius 1 is 1.24 bits per heavy atom. The summed E-state index contributed by atoms with van der Waals surface area (Å²) in [6.07, 6.45) is 3.01. The van der Waals surface area contributed by atoms with E-state index >= 15 is 0 Å². The van der Waals surface area contributed by atoms with Gasteiger partial charge in [0.1, 0.15) is 5.82 Å². The van der Waals surface area contributed by atoms with E-state index in [-0.39, 0.29) is 30.7 Å². The van der Waals surface area contributed by atoms with Gasteiger partial charge in [0.2, 0.25) is 11.0 Å². The Labute approximate surface area is 165 Å². The summed E-state index contributed by atoms with van der Waals surface area (Å²) in [5.74, 6) is 0.972. The quantitative estimate of drug-likeness (QED) is 0.810. The number of hydrogen-bond donors (Lipinski definition) is 1. The van der Waals surface area contributed by atoms with Crippen LogP contribution in [0.25, 0.3) is 0 Å². The molecule has 1 amide bonds. The van der Waals surface area contributed by atoms with E-state index in [2.05, 4.69) is 21.2 Å². The first-order valence-electron chi connectivity index (χ1n) is 8.36. The van der Waals surface area contributed by atoms with Crippen molar-refractivity contribution in [2.75, 3.05) is 44.3 Å². The van der Waals surface area contributed by atoms with Crippen LogP contribution in [-0.2, 0) is 16.0 Å². The topological polar surface area (TPSA) is 84.6 Å². The maximum absolute atomic E-state index is 12.8. The number of anilines is 1. The van der Waals surface area contributed by atoms with Gasteiger partial charge in [0.25, 0.3) is 0 Å². The SMILES string of the molecule is CCc1nsc(N2CCCN(C(=O)C3(N)CCOCC3)CC2)n1.Cl.Cl. The van der Waals surface area contributed by atoms with E-state index in [1.165, 1.54) is 11.5 Å². The maximum atomic E-state index is 12.8. The lowest BCUT2D eigenvalue weighted by atomic mass is 9.89. The van der Waals surface area contributed by atoms with Crippen molar-refractivity contribution in [1.82, 2.24) is 14.3 Å². The second-order valence-electron chi connectivity index (χ2n) is 6.25. The number of nitrogens with zero attached hydrogens (tertiary/aromatic N) is 4. The number of amides is 1. The molecule has 25 heavy (non-hydrogen) atoms. The highest BCUT2D eigenvalue weighted by atomic mass is 35.5. The van der Waals surface area contributed by atoms with Gasteiger partial charge >= 0.3 is 0 Å². The van der Waals surface area contributed by atoms with Crippen LogP contribution in [0.4, 0.5) is 5.13 Å². The van der Waals surface area contributed by atoms with Crippen LogP contribution in [0.5, 0.6) is 0 Å². The Kier molecular flexibility index (Phi) is 8.83. The Bertz CT molecular complexity index is 554. The molecule has 2 aliphatic heterocycles. The first-order valence-corrected chi connectivity index (χ1v) is 9.13. The minimum absolute atomic E-state index is 0. The molecule has 144 valence electrons. The van der Waals surface area contributed by atoms with Crippen LogP contribution in [0, 0.1) is 0 Å². The van der Waals surface area contributed by atoms with Gasteiger partial charge in [-0.1, -0.05) is 6.92 Å². The number of aromatic nitrogens is 2. The third-order valence-electron chi connectivity index (χ3n) is 4.64. The highest BCUT2D eigenvalue weighted by Crippen LogP contribution is 2.23. The van der Waals surface area contributed by atoms with Crippen LogP contribution in [-0.4, -0.2) is 65.1 Å². The summed E-state index contributed by atoms with van der Waals surface area (Å²) in [5, 5.41) is 0.963. The first-order chi connectivity index (χ1) is 11.1. The zero-order valence-electron chi connectivity index (χ0n) is 14.5. The van der Waals surface area contributed by atoms with Gasteiger partial charge in [-0.25, -0.2) is 4.98 Å². The van der Waals surface area contributed by atoms with E-state index in [1.807, 2.05) is 4.90 Å². The Morgan fingerprint density at radius 3 is 2.60 bits per heavy atom. The number of hydrogen-bond acceptors (Lipinski definition) is 7. The van der Waals surface area contributed by atoms with Gasteiger partial charge in [-0.15, -0.1) is 24.8 Å². The van der Waals surface area contributed by atoms with Crippen LogP contribution >= 0.6 is 36.3 Å². The molecule has 2 fully saturated rings. The van der Waals surface area contributed by atoms with Gasteiger partial charge < -0.3 is 20.3 Å². The van der Waals surface area contributed by atoms with Gasteiger partial charge in [0.15, 0.2) is 0 Å². The van der Waals surface area contributed by atoms with Gasteiger partial charge in [0.05, 0.1) is 5.54 Å². The lowest BCUT2D eigenvalue weighted by molar-refractivity contribution is -0.140. The van der Waals surface area contributed by atoms with Crippen LogP contribution in [0.2, 0.25) is 0 Å². The van der Waals surface area contributed by atoms with Crippen LogP contribution in [0.1, 0.15) is 32.0 Å². The number of aryl methyl sites for hydroxylation is 1. The number of nitrogens with two attached hydrogens (primary N) is 1. The molecule has 1 aromatic heterocycles. The molecule has 0 atom stereocenters. The van der Waals surface area contributed by atoms with E-state index < -0.39 is 5.54 Å². The predicted octanol–water partition coefficient (Wildman–Crippen LogP) is 1.49. The van der Waals surface area contributed by atoms with Crippen molar-refractivity contribution in [2.45, 2.75) is 38.1 Å². The lowest BCUT2D eigenvalue weighted by Crippen LogP contribution is -2.58. The summed E-state index contributed by atoms with van der Waals surface area (Å²) in [5.41, 5.74) is 5.60. The molecule has 10 heteroatoms. The second-order valence-corrected chi connectivity index (χ2v) is 6.98. The van der Waals surface area contributed by atoms with E-state index in [0.29, 0.717) is 32.6 Å². The molecule has 1 aromatic rings.